The molecule has 0 aliphatic carbocycles. The van der Waals surface area contributed by atoms with E-state index in [1.807, 2.05) is 0 Å². The highest BCUT2D eigenvalue weighted by atomic mass is 19.1. The summed E-state index contributed by atoms with van der Waals surface area (Å²) in [5.74, 6) is -0.522. The molecular weight excluding hydrogens is 295 g/mol. The first-order valence-electron chi connectivity index (χ1n) is 6.97. The smallest absolute Gasteiger partial charge is 0.250 e. The molecule has 0 radical (unpaired) electrons. The first kappa shape index (κ1) is 14.8. The zero-order chi connectivity index (χ0) is 16.6. The Morgan fingerprint density at radius 3 is 2.65 bits per heavy atom. The Balaban J connectivity index is 2.19. The molecule has 0 spiro atoms. The number of nitrogen functional groups attached to an aromatic ring is 1. The van der Waals surface area contributed by atoms with Gasteiger partial charge in [-0.3, -0.25) is 4.79 Å². The summed E-state index contributed by atoms with van der Waals surface area (Å²) in [6, 6.07) is 9.50. The monoisotopic (exact) mass is 310 g/mol. The number of carbonyl (C=O) groups is 1. The lowest BCUT2D eigenvalue weighted by atomic mass is 10.0. The van der Waals surface area contributed by atoms with E-state index in [1.165, 1.54) is 12.1 Å². The van der Waals surface area contributed by atoms with Gasteiger partial charge in [-0.15, -0.1) is 0 Å². The third kappa shape index (κ3) is 2.78. The lowest BCUT2D eigenvalue weighted by molar-refractivity contribution is 0.100. The van der Waals surface area contributed by atoms with E-state index in [1.54, 1.807) is 37.4 Å². The molecule has 0 atom stereocenters. The molecule has 1 aromatic carbocycles. The molecule has 0 fully saturated rings. The van der Waals surface area contributed by atoms with Gasteiger partial charge in [0.05, 0.1) is 11.3 Å². The first-order chi connectivity index (χ1) is 11.0. The Bertz CT molecular complexity index is 901. The van der Waals surface area contributed by atoms with Crippen molar-refractivity contribution in [2.24, 2.45) is 5.73 Å². The molecule has 23 heavy (non-hydrogen) atoms. The number of benzene rings is 1. The molecule has 2 aromatic heterocycles. The summed E-state index contributed by atoms with van der Waals surface area (Å²) in [5.41, 5.74) is 15.0. The molecule has 3 rings (SSSR count). The van der Waals surface area contributed by atoms with Crippen LogP contribution in [0, 0.1) is 12.7 Å². The summed E-state index contributed by atoms with van der Waals surface area (Å²) >= 11 is 0. The van der Waals surface area contributed by atoms with Crippen LogP contribution >= 0.6 is 0 Å². The van der Waals surface area contributed by atoms with Crippen molar-refractivity contribution < 1.29 is 9.18 Å². The molecule has 116 valence electrons. The van der Waals surface area contributed by atoms with Gasteiger partial charge in [0.2, 0.25) is 0 Å². The highest BCUT2D eigenvalue weighted by Gasteiger charge is 2.17. The maximum Gasteiger partial charge on any atom is 0.250 e. The fourth-order valence-electron chi connectivity index (χ4n) is 2.54. The van der Waals surface area contributed by atoms with Crippen LogP contribution in [0.4, 0.5) is 10.2 Å². The molecule has 6 heteroatoms. The van der Waals surface area contributed by atoms with Crippen LogP contribution < -0.4 is 11.5 Å². The van der Waals surface area contributed by atoms with Crippen molar-refractivity contribution in [3.63, 3.8) is 0 Å². The molecule has 0 aliphatic rings. The lowest BCUT2D eigenvalue weighted by Crippen LogP contribution is -2.11. The van der Waals surface area contributed by atoms with E-state index in [2.05, 4.69) is 9.97 Å². The number of aromatic amines is 1. The van der Waals surface area contributed by atoms with Crippen LogP contribution in [-0.2, 0) is 0 Å². The van der Waals surface area contributed by atoms with Gasteiger partial charge in [0, 0.05) is 23.0 Å². The van der Waals surface area contributed by atoms with Crippen molar-refractivity contribution in [2.45, 2.75) is 6.92 Å². The molecule has 0 saturated heterocycles. The lowest BCUT2D eigenvalue weighted by Gasteiger charge is -2.06. The molecule has 3 aromatic rings. The van der Waals surface area contributed by atoms with Crippen LogP contribution in [0.15, 0.2) is 42.6 Å². The van der Waals surface area contributed by atoms with Crippen LogP contribution in [-0.4, -0.2) is 15.9 Å². The standard InChI is InChI=1S/C17H15FN4O/c1-9-6-11(18)2-3-12(9)16-13(17(20)23)8-14(22-16)10-4-5-21-15(19)7-10/h2-8,22H,1H3,(H2,19,21)(H2,20,23). The Hall–Kier alpha value is -3.15. The number of carbonyl (C=O) groups excluding carboxylic acids is 1. The van der Waals surface area contributed by atoms with Gasteiger partial charge in [-0.25, -0.2) is 9.37 Å². The number of pyridine rings is 1. The number of anilines is 1. The predicted octanol–water partition coefficient (Wildman–Crippen LogP) is 2.87. The van der Waals surface area contributed by atoms with Gasteiger partial charge in [0.1, 0.15) is 11.6 Å². The molecule has 1 amide bonds. The number of nitrogens with zero attached hydrogens (tertiary/aromatic N) is 1. The number of halogens is 1. The zero-order valence-corrected chi connectivity index (χ0v) is 12.4. The number of aromatic nitrogens is 2. The van der Waals surface area contributed by atoms with Gasteiger partial charge < -0.3 is 16.5 Å². The van der Waals surface area contributed by atoms with Crippen LogP contribution in [0.5, 0.6) is 0 Å². The quantitative estimate of drug-likeness (QED) is 0.693. The highest BCUT2D eigenvalue weighted by Crippen LogP contribution is 2.31. The van der Waals surface area contributed by atoms with Gasteiger partial charge in [-0.1, -0.05) is 0 Å². The molecule has 2 heterocycles. The van der Waals surface area contributed by atoms with E-state index in [0.29, 0.717) is 33.9 Å². The SMILES string of the molecule is Cc1cc(F)ccc1-c1[nH]c(-c2ccnc(N)c2)cc1C(N)=O. The van der Waals surface area contributed by atoms with Crippen molar-refractivity contribution in [1.29, 1.82) is 0 Å². The number of nitrogens with two attached hydrogens (primary N) is 2. The van der Waals surface area contributed by atoms with E-state index < -0.39 is 5.91 Å². The largest absolute Gasteiger partial charge is 0.384 e. The summed E-state index contributed by atoms with van der Waals surface area (Å²) in [6.07, 6.45) is 1.58. The molecule has 0 aliphatic heterocycles. The van der Waals surface area contributed by atoms with E-state index in [-0.39, 0.29) is 5.82 Å². The highest BCUT2D eigenvalue weighted by molar-refractivity contribution is 6.01. The van der Waals surface area contributed by atoms with Gasteiger partial charge in [-0.2, -0.15) is 0 Å². The maximum atomic E-state index is 13.3. The second kappa shape index (κ2) is 5.57. The minimum absolute atomic E-state index is 0.333. The summed E-state index contributed by atoms with van der Waals surface area (Å²) in [6.45, 7) is 1.77. The van der Waals surface area contributed by atoms with Crippen molar-refractivity contribution in [1.82, 2.24) is 9.97 Å². The van der Waals surface area contributed by atoms with Gasteiger partial charge >= 0.3 is 0 Å². The second-order valence-electron chi connectivity index (χ2n) is 5.26. The van der Waals surface area contributed by atoms with Gasteiger partial charge in [-0.05, 0) is 48.9 Å². The average molecular weight is 310 g/mol. The maximum absolute atomic E-state index is 13.3. The van der Waals surface area contributed by atoms with Crippen molar-refractivity contribution in [2.75, 3.05) is 5.73 Å². The van der Waals surface area contributed by atoms with Gasteiger partial charge in [0.25, 0.3) is 5.91 Å². The first-order valence-corrected chi connectivity index (χ1v) is 6.97. The third-order valence-electron chi connectivity index (χ3n) is 3.63. The predicted molar refractivity (Wildman–Crippen MR) is 87.1 cm³/mol. The van der Waals surface area contributed by atoms with Crippen LogP contribution in [0.1, 0.15) is 15.9 Å². The van der Waals surface area contributed by atoms with Gasteiger partial charge in [0.15, 0.2) is 0 Å². The third-order valence-corrected chi connectivity index (χ3v) is 3.63. The number of amides is 1. The summed E-state index contributed by atoms with van der Waals surface area (Å²) in [7, 11) is 0. The number of rotatable bonds is 3. The van der Waals surface area contributed by atoms with Crippen molar-refractivity contribution in [3.05, 3.63) is 59.5 Å². The fourth-order valence-corrected chi connectivity index (χ4v) is 2.54. The second-order valence-corrected chi connectivity index (χ2v) is 5.26. The topological polar surface area (TPSA) is 97.8 Å². The Morgan fingerprint density at radius 2 is 2.00 bits per heavy atom. The summed E-state index contributed by atoms with van der Waals surface area (Å²) < 4.78 is 13.3. The number of hydrogen-bond donors (Lipinski definition) is 3. The minimum atomic E-state index is -0.562. The number of hydrogen-bond acceptors (Lipinski definition) is 3. The molecular formula is C17H15FN4O. The number of primary amides is 1. The number of nitrogens with one attached hydrogen (secondary N) is 1. The number of aryl methyl sites for hydroxylation is 1. The summed E-state index contributed by atoms with van der Waals surface area (Å²) in [5, 5.41) is 0. The van der Waals surface area contributed by atoms with Crippen LogP contribution in [0.2, 0.25) is 0 Å². The zero-order valence-electron chi connectivity index (χ0n) is 12.4. The Labute approximate surface area is 132 Å². The molecule has 0 saturated carbocycles. The Kier molecular flexibility index (Phi) is 3.57. The minimum Gasteiger partial charge on any atom is -0.384 e. The van der Waals surface area contributed by atoms with Crippen molar-refractivity contribution in [3.8, 4) is 22.5 Å². The molecule has 5 nitrogen and oxygen atoms in total. The van der Waals surface area contributed by atoms with E-state index >= 15 is 0 Å². The van der Waals surface area contributed by atoms with E-state index in [4.69, 9.17) is 11.5 Å². The fraction of sp³-hybridized carbons (Fsp3) is 0.0588. The van der Waals surface area contributed by atoms with Crippen LogP contribution in [0.3, 0.4) is 0 Å². The summed E-state index contributed by atoms with van der Waals surface area (Å²) in [4.78, 5) is 18.9. The van der Waals surface area contributed by atoms with E-state index in [9.17, 15) is 9.18 Å². The Morgan fingerprint density at radius 1 is 1.22 bits per heavy atom. The average Bonchev–Trinajstić information content (AvgIpc) is 2.92. The number of H-pyrrole nitrogens is 1. The van der Waals surface area contributed by atoms with Crippen molar-refractivity contribution >= 4 is 11.7 Å². The molecule has 0 bridgehead atoms. The van der Waals surface area contributed by atoms with E-state index in [0.717, 1.165) is 5.56 Å². The normalized spacial score (nSPS) is 10.7. The molecule has 0 unspecified atom stereocenters. The molecule has 5 N–H and O–H groups in total. The van der Waals surface area contributed by atoms with Crippen LogP contribution in [0.25, 0.3) is 22.5 Å².